The first-order valence-corrected chi connectivity index (χ1v) is 10.3. The summed E-state index contributed by atoms with van der Waals surface area (Å²) in [4.78, 5) is 11.9. The number of amides is 1. The molecule has 1 fully saturated rings. The third-order valence-electron chi connectivity index (χ3n) is 4.54. The number of carbonyl (C=O) groups is 1. The molecule has 2 heterocycles. The SMILES string of the molecule is CC(C)NC(=O)O[C@@H]1CC[C@H](c2cc(Nc3ccsn3)n(C(C)(C)C)n2)C1. The number of carbonyl (C=O) groups excluding carboxylic acids is 1. The van der Waals surface area contributed by atoms with Crippen molar-refractivity contribution in [2.75, 3.05) is 5.32 Å². The largest absolute Gasteiger partial charge is 0.446 e. The number of alkyl carbamates (subject to hydrolysis) is 1. The molecule has 0 saturated heterocycles. The zero-order valence-electron chi connectivity index (χ0n) is 16.7. The highest BCUT2D eigenvalue weighted by molar-refractivity contribution is 7.03. The quantitative estimate of drug-likeness (QED) is 0.778. The van der Waals surface area contributed by atoms with Gasteiger partial charge in [-0.25, -0.2) is 9.48 Å². The van der Waals surface area contributed by atoms with Gasteiger partial charge in [0.2, 0.25) is 0 Å². The van der Waals surface area contributed by atoms with E-state index in [1.54, 1.807) is 0 Å². The van der Waals surface area contributed by atoms with Gasteiger partial charge in [-0.15, -0.1) is 0 Å². The van der Waals surface area contributed by atoms with Crippen LogP contribution in [0.1, 0.15) is 65.5 Å². The van der Waals surface area contributed by atoms with Crippen molar-refractivity contribution in [2.45, 2.75) is 77.5 Å². The summed E-state index contributed by atoms with van der Waals surface area (Å²) in [5, 5.41) is 13.0. The fourth-order valence-corrected chi connectivity index (χ4v) is 3.82. The van der Waals surface area contributed by atoms with E-state index in [0.717, 1.165) is 36.6 Å². The minimum atomic E-state index is -0.332. The van der Waals surface area contributed by atoms with Gasteiger partial charge < -0.3 is 15.4 Å². The molecule has 0 spiro atoms. The van der Waals surface area contributed by atoms with Gasteiger partial charge in [0.1, 0.15) is 17.7 Å². The Kier molecular flexibility index (Phi) is 5.74. The number of aromatic nitrogens is 3. The van der Waals surface area contributed by atoms with Crippen LogP contribution in [0, 0.1) is 0 Å². The number of hydrogen-bond donors (Lipinski definition) is 2. The Balaban J connectivity index is 1.71. The molecular weight excluding hydrogens is 362 g/mol. The normalized spacial score (nSPS) is 20.1. The topological polar surface area (TPSA) is 81.1 Å². The Labute approximate surface area is 164 Å². The number of hydrogen-bond acceptors (Lipinski definition) is 6. The van der Waals surface area contributed by atoms with Crippen LogP contribution in [0.3, 0.4) is 0 Å². The van der Waals surface area contributed by atoms with Crippen LogP contribution in [-0.4, -0.2) is 32.4 Å². The number of nitrogens with one attached hydrogen (secondary N) is 2. The molecule has 148 valence electrons. The molecule has 0 aromatic carbocycles. The van der Waals surface area contributed by atoms with Crippen LogP contribution in [0.15, 0.2) is 17.5 Å². The molecule has 2 aromatic rings. The third-order valence-corrected chi connectivity index (χ3v) is 5.10. The number of rotatable bonds is 5. The van der Waals surface area contributed by atoms with Crippen molar-refractivity contribution in [1.29, 1.82) is 0 Å². The Morgan fingerprint density at radius 1 is 1.37 bits per heavy atom. The van der Waals surface area contributed by atoms with Gasteiger partial charge in [0, 0.05) is 23.4 Å². The van der Waals surface area contributed by atoms with E-state index in [2.05, 4.69) is 41.8 Å². The summed E-state index contributed by atoms with van der Waals surface area (Å²) in [6.45, 7) is 10.2. The summed E-state index contributed by atoms with van der Waals surface area (Å²) in [5.41, 5.74) is 0.889. The van der Waals surface area contributed by atoms with E-state index in [0.29, 0.717) is 5.92 Å². The molecule has 0 radical (unpaired) electrons. The zero-order chi connectivity index (χ0) is 19.6. The lowest BCUT2D eigenvalue weighted by Crippen LogP contribution is -2.33. The van der Waals surface area contributed by atoms with Crippen LogP contribution in [0.4, 0.5) is 16.4 Å². The smallest absolute Gasteiger partial charge is 0.407 e. The molecule has 7 nitrogen and oxygen atoms in total. The monoisotopic (exact) mass is 391 g/mol. The maximum atomic E-state index is 11.9. The van der Waals surface area contributed by atoms with Gasteiger partial charge in [-0.2, -0.15) is 9.47 Å². The number of anilines is 2. The van der Waals surface area contributed by atoms with E-state index < -0.39 is 0 Å². The van der Waals surface area contributed by atoms with E-state index in [9.17, 15) is 4.79 Å². The Hall–Kier alpha value is -2.09. The lowest BCUT2D eigenvalue weighted by molar-refractivity contribution is 0.0981. The maximum Gasteiger partial charge on any atom is 0.407 e. The zero-order valence-corrected chi connectivity index (χ0v) is 17.5. The Morgan fingerprint density at radius 3 is 2.78 bits per heavy atom. The van der Waals surface area contributed by atoms with Crippen molar-refractivity contribution in [2.24, 2.45) is 0 Å². The molecule has 8 heteroatoms. The molecule has 1 amide bonds. The number of ether oxygens (including phenoxy) is 1. The van der Waals surface area contributed by atoms with Gasteiger partial charge in [-0.3, -0.25) is 0 Å². The van der Waals surface area contributed by atoms with Crippen molar-refractivity contribution in [3.05, 3.63) is 23.2 Å². The summed E-state index contributed by atoms with van der Waals surface area (Å²) in [7, 11) is 0. The highest BCUT2D eigenvalue weighted by Gasteiger charge is 2.32. The predicted octanol–water partition coefficient (Wildman–Crippen LogP) is 4.61. The average molecular weight is 392 g/mol. The molecule has 27 heavy (non-hydrogen) atoms. The first-order valence-electron chi connectivity index (χ1n) is 9.47. The van der Waals surface area contributed by atoms with Crippen LogP contribution in [-0.2, 0) is 10.3 Å². The maximum absolute atomic E-state index is 11.9. The second-order valence-electron chi connectivity index (χ2n) is 8.38. The molecule has 0 unspecified atom stereocenters. The lowest BCUT2D eigenvalue weighted by atomic mass is 10.0. The molecule has 0 bridgehead atoms. The molecule has 3 rings (SSSR count). The Morgan fingerprint density at radius 2 is 2.15 bits per heavy atom. The fourth-order valence-electron chi connectivity index (χ4n) is 3.34. The van der Waals surface area contributed by atoms with Gasteiger partial charge in [-0.1, -0.05) is 0 Å². The highest BCUT2D eigenvalue weighted by Crippen LogP contribution is 2.37. The third kappa shape index (κ3) is 5.00. The van der Waals surface area contributed by atoms with Crippen molar-refractivity contribution in [1.82, 2.24) is 19.5 Å². The molecule has 0 aliphatic heterocycles. The minimum Gasteiger partial charge on any atom is -0.446 e. The second-order valence-corrected chi connectivity index (χ2v) is 9.05. The van der Waals surface area contributed by atoms with Gasteiger partial charge in [-0.05, 0) is 71.5 Å². The van der Waals surface area contributed by atoms with Crippen molar-refractivity contribution in [3.8, 4) is 0 Å². The molecular formula is C19H29N5O2S. The first kappa shape index (κ1) is 19.7. The predicted molar refractivity (Wildman–Crippen MR) is 108 cm³/mol. The van der Waals surface area contributed by atoms with Crippen LogP contribution in [0.2, 0.25) is 0 Å². The van der Waals surface area contributed by atoms with Crippen LogP contribution < -0.4 is 10.6 Å². The summed E-state index contributed by atoms with van der Waals surface area (Å²) >= 11 is 1.42. The first-order chi connectivity index (χ1) is 12.7. The summed E-state index contributed by atoms with van der Waals surface area (Å²) in [6.07, 6.45) is 2.26. The summed E-state index contributed by atoms with van der Waals surface area (Å²) in [6, 6.07) is 4.14. The fraction of sp³-hybridized carbons (Fsp3) is 0.632. The summed E-state index contributed by atoms with van der Waals surface area (Å²) in [5.74, 6) is 2.06. The molecule has 1 aliphatic rings. The van der Waals surface area contributed by atoms with Gasteiger partial charge in [0.25, 0.3) is 0 Å². The van der Waals surface area contributed by atoms with Crippen molar-refractivity contribution < 1.29 is 9.53 Å². The van der Waals surface area contributed by atoms with Crippen LogP contribution >= 0.6 is 11.5 Å². The van der Waals surface area contributed by atoms with E-state index in [1.807, 2.05) is 30.0 Å². The van der Waals surface area contributed by atoms with E-state index in [1.165, 1.54) is 11.5 Å². The van der Waals surface area contributed by atoms with Crippen LogP contribution in [0.5, 0.6) is 0 Å². The second kappa shape index (κ2) is 7.88. The van der Waals surface area contributed by atoms with Crippen molar-refractivity contribution >= 4 is 29.3 Å². The van der Waals surface area contributed by atoms with Crippen molar-refractivity contribution in [3.63, 3.8) is 0 Å². The summed E-state index contributed by atoms with van der Waals surface area (Å²) < 4.78 is 11.9. The van der Waals surface area contributed by atoms with Crippen LogP contribution in [0.25, 0.3) is 0 Å². The highest BCUT2D eigenvalue weighted by atomic mass is 32.1. The lowest BCUT2D eigenvalue weighted by Gasteiger charge is -2.22. The Bertz CT molecular complexity index is 764. The van der Waals surface area contributed by atoms with Gasteiger partial charge >= 0.3 is 6.09 Å². The van der Waals surface area contributed by atoms with E-state index in [-0.39, 0.29) is 23.8 Å². The number of nitrogens with zero attached hydrogens (tertiary/aromatic N) is 3. The standard InChI is InChI=1S/C19H29N5O2S/c1-12(2)20-18(25)26-14-7-6-13(10-14)15-11-17(21-16-8-9-27-23-16)24(22-15)19(3,4)5/h8-9,11-14H,6-7,10H2,1-5H3,(H,20,25)(H,21,23)/t13-,14+/m0/s1. The van der Waals surface area contributed by atoms with E-state index in [4.69, 9.17) is 9.84 Å². The molecule has 2 aromatic heterocycles. The molecule has 2 atom stereocenters. The minimum absolute atomic E-state index is 0.0523. The van der Waals surface area contributed by atoms with Gasteiger partial charge in [0.05, 0.1) is 11.2 Å². The molecule has 1 aliphatic carbocycles. The molecule has 2 N–H and O–H groups in total. The average Bonchev–Trinajstić information content (AvgIpc) is 3.26. The van der Waals surface area contributed by atoms with Gasteiger partial charge in [0.15, 0.2) is 0 Å². The molecule has 1 saturated carbocycles. The van der Waals surface area contributed by atoms with E-state index >= 15 is 0 Å².